The van der Waals surface area contributed by atoms with Crippen LogP contribution < -0.4 is 4.74 Å². The van der Waals surface area contributed by atoms with Gasteiger partial charge in [0.25, 0.3) is 0 Å². The quantitative estimate of drug-likeness (QED) is 0.782. The first-order chi connectivity index (χ1) is 11.7. The molecular weight excluding hydrogens is 324 g/mol. The molecule has 2 aliphatic heterocycles. The monoisotopic (exact) mass is 346 g/mol. The molecule has 128 valence electrons. The zero-order valence-corrected chi connectivity index (χ0v) is 15.1. The highest BCUT2D eigenvalue weighted by Crippen LogP contribution is 2.40. The molecule has 24 heavy (non-hydrogen) atoms. The van der Waals surface area contributed by atoms with E-state index in [0.29, 0.717) is 12.2 Å². The van der Waals surface area contributed by atoms with Crippen LogP contribution in [0.1, 0.15) is 31.9 Å². The van der Waals surface area contributed by atoms with Gasteiger partial charge in [-0.3, -0.25) is 0 Å². The van der Waals surface area contributed by atoms with Crippen molar-refractivity contribution in [1.82, 2.24) is 4.90 Å². The minimum atomic E-state index is -0.283. The van der Waals surface area contributed by atoms with E-state index in [1.807, 2.05) is 38.1 Å². The Morgan fingerprint density at radius 3 is 2.79 bits per heavy atom. The number of amidine groups is 1. The van der Waals surface area contributed by atoms with Crippen molar-refractivity contribution in [3.8, 4) is 5.75 Å². The maximum Gasteiger partial charge on any atom is 0.338 e. The molecule has 1 atom stereocenters. The van der Waals surface area contributed by atoms with Gasteiger partial charge in [0.05, 0.1) is 31.0 Å². The van der Waals surface area contributed by atoms with Crippen LogP contribution in [0.3, 0.4) is 0 Å². The third kappa shape index (κ3) is 3.15. The third-order valence-electron chi connectivity index (χ3n) is 4.19. The van der Waals surface area contributed by atoms with Crippen LogP contribution in [0.15, 0.2) is 40.5 Å². The summed E-state index contributed by atoms with van der Waals surface area (Å²) in [6, 6.07) is 7.72. The molecule has 0 radical (unpaired) electrons. The van der Waals surface area contributed by atoms with Crippen molar-refractivity contribution < 1.29 is 14.3 Å². The number of fused-ring (bicyclic) bond motifs is 1. The molecule has 2 aliphatic rings. The number of hydrogen-bond donors (Lipinski definition) is 0. The Hall–Kier alpha value is -1.95. The van der Waals surface area contributed by atoms with E-state index < -0.39 is 0 Å². The van der Waals surface area contributed by atoms with Crippen molar-refractivity contribution >= 4 is 22.9 Å². The second kappa shape index (κ2) is 7.30. The Morgan fingerprint density at radius 2 is 2.12 bits per heavy atom. The summed E-state index contributed by atoms with van der Waals surface area (Å²) in [6.45, 7) is 4.96. The predicted molar refractivity (Wildman–Crippen MR) is 96.3 cm³/mol. The van der Waals surface area contributed by atoms with Gasteiger partial charge < -0.3 is 14.4 Å². The lowest BCUT2D eigenvalue weighted by atomic mass is 9.94. The Labute approximate surface area is 146 Å². The van der Waals surface area contributed by atoms with Gasteiger partial charge in [0.2, 0.25) is 0 Å². The number of carbonyl (C=O) groups is 1. The van der Waals surface area contributed by atoms with E-state index in [0.717, 1.165) is 40.9 Å². The van der Waals surface area contributed by atoms with E-state index >= 15 is 0 Å². The first-order valence-corrected chi connectivity index (χ1v) is 9.14. The second-order valence-electron chi connectivity index (χ2n) is 5.69. The number of benzene rings is 1. The smallest absolute Gasteiger partial charge is 0.338 e. The summed E-state index contributed by atoms with van der Waals surface area (Å²) in [6.07, 6.45) is 1.07. The van der Waals surface area contributed by atoms with E-state index in [2.05, 4.69) is 9.89 Å². The number of methoxy groups -OCH3 is 1. The van der Waals surface area contributed by atoms with Crippen LogP contribution in [0, 0.1) is 0 Å². The first kappa shape index (κ1) is 16.9. The summed E-state index contributed by atoms with van der Waals surface area (Å²) >= 11 is 1.75. The van der Waals surface area contributed by atoms with E-state index in [9.17, 15) is 4.79 Å². The number of rotatable bonds is 4. The summed E-state index contributed by atoms with van der Waals surface area (Å²) in [5, 5.41) is 0.993. The van der Waals surface area contributed by atoms with E-state index in [4.69, 9.17) is 9.47 Å². The standard InChI is InChI=1S/C18H22N2O3S/c1-4-23-17(21)15-12(2)19-18-20(10-5-11-24-18)16(15)13-6-8-14(22-3)9-7-13/h6-9,16H,4-5,10-11H2,1-3H3/t16-/m1/s1. The zero-order valence-electron chi connectivity index (χ0n) is 14.2. The van der Waals surface area contributed by atoms with Crippen LogP contribution in [-0.4, -0.2) is 42.1 Å². The molecule has 3 rings (SSSR count). The van der Waals surface area contributed by atoms with Gasteiger partial charge in [-0.2, -0.15) is 0 Å². The summed E-state index contributed by atoms with van der Waals surface area (Å²) in [4.78, 5) is 19.5. The minimum absolute atomic E-state index is 0.157. The van der Waals surface area contributed by atoms with Crippen molar-refractivity contribution in [3.05, 3.63) is 41.1 Å². The number of esters is 1. The molecule has 0 amide bonds. The van der Waals surface area contributed by atoms with Gasteiger partial charge in [-0.1, -0.05) is 23.9 Å². The molecule has 0 N–H and O–H groups in total. The molecule has 6 heteroatoms. The van der Waals surface area contributed by atoms with Crippen LogP contribution in [-0.2, 0) is 9.53 Å². The Balaban J connectivity index is 2.06. The second-order valence-corrected chi connectivity index (χ2v) is 6.75. The van der Waals surface area contributed by atoms with Gasteiger partial charge in [-0.25, -0.2) is 9.79 Å². The molecule has 0 aromatic heterocycles. The number of carbonyl (C=O) groups excluding carboxylic acids is 1. The average molecular weight is 346 g/mol. The molecule has 0 unspecified atom stereocenters. The number of aliphatic imine (C=N–C) groups is 1. The molecule has 2 heterocycles. The van der Waals surface area contributed by atoms with Crippen molar-refractivity contribution in [2.45, 2.75) is 26.3 Å². The van der Waals surface area contributed by atoms with Crippen molar-refractivity contribution in [2.24, 2.45) is 4.99 Å². The maximum atomic E-state index is 12.6. The fraction of sp³-hybridized carbons (Fsp3) is 0.444. The summed E-state index contributed by atoms with van der Waals surface area (Å²) in [7, 11) is 1.65. The molecule has 0 bridgehead atoms. The van der Waals surface area contributed by atoms with Gasteiger partial charge in [0.15, 0.2) is 5.17 Å². The van der Waals surface area contributed by atoms with Gasteiger partial charge in [-0.15, -0.1) is 0 Å². The maximum absolute atomic E-state index is 12.6. The highest BCUT2D eigenvalue weighted by molar-refractivity contribution is 8.13. The molecule has 1 fully saturated rings. The lowest BCUT2D eigenvalue weighted by molar-refractivity contribution is -0.139. The molecule has 1 saturated heterocycles. The van der Waals surface area contributed by atoms with Gasteiger partial charge in [0, 0.05) is 12.3 Å². The number of ether oxygens (including phenoxy) is 2. The Bertz CT molecular complexity index is 682. The van der Waals surface area contributed by atoms with Crippen LogP contribution in [0.4, 0.5) is 0 Å². The number of nitrogens with zero attached hydrogens (tertiary/aromatic N) is 2. The first-order valence-electron chi connectivity index (χ1n) is 8.15. The molecular formula is C18H22N2O3S. The topological polar surface area (TPSA) is 51.1 Å². The minimum Gasteiger partial charge on any atom is -0.497 e. The van der Waals surface area contributed by atoms with E-state index in [1.165, 1.54) is 0 Å². The number of thioether (sulfide) groups is 1. The van der Waals surface area contributed by atoms with Crippen LogP contribution in [0.5, 0.6) is 5.75 Å². The lowest BCUT2D eigenvalue weighted by Crippen LogP contribution is -2.42. The molecule has 0 aliphatic carbocycles. The number of allylic oxidation sites excluding steroid dienone is 1. The van der Waals surface area contributed by atoms with Crippen molar-refractivity contribution in [3.63, 3.8) is 0 Å². The average Bonchev–Trinajstić information content (AvgIpc) is 2.60. The van der Waals surface area contributed by atoms with Crippen LogP contribution in [0.25, 0.3) is 0 Å². The Kier molecular flexibility index (Phi) is 5.14. The molecule has 0 spiro atoms. The highest BCUT2D eigenvalue weighted by atomic mass is 32.2. The molecule has 1 aromatic carbocycles. The fourth-order valence-corrected chi connectivity index (χ4v) is 4.09. The SMILES string of the molecule is CCOC(=O)C1=C(C)N=C2SCCCN2[C@@H]1c1ccc(OC)cc1. The van der Waals surface area contributed by atoms with Crippen molar-refractivity contribution in [2.75, 3.05) is 26.0 Å². The number of hydrogen-bond acceptors (Lipinski definition) is 6. The van der Waals surface area contributed by atoms with Crippen molar-refractivity contribution in [1.29, 1.82) is 0 Å². The molecule has 0 saturated carbocycles. The lowest BCUT2D eigenvalue weighted by Gasteiger charge is -2.40. The van der Waals surface area contributed by atoms with Crippen LogP contribution >= 0.6 is 11.8 Å². The predicted octanol–water partition coefficient (Wildman–Crippen LogP) is 3.38. The zero-order chi connectivity index (χ0) is 17.1. The summed E-state index contributed by atoms with van der Waals surface area (Å²) in [5.74, 6) is 1.58. The molecule has 1 aromatic rings. The Morgan fingerprint density at radius 1 is 1.38 bits per heavy atom. The van der Waals surface area contributed by atoms with Gasteiger partial charge in [-0.05, 0) is 38.0 Å². The third-order valence-corrected chi connectivity index (χ3v) is 5.26. The van der Waals surface area contributed by atoms with Gasteiger partial charge >= 0.3 is 5.97 Å². The highest BCUT2D eigenvalue weighted by Gasteiger charge is 2.37. The molecule has 5 nitrogen and oxygen atoms in total. The fourth-order valence-electron chi connectivity index (χ4n) is 3.07. The summed E-state index contributed by atoms with van der Waals surface area (Å²) < 4.78 is 10.6. The normalized spacial score (nSPS) is 20.4. The van der Waals surface area contributed by atoms with E-state index in [1.54, 1.807) is 18.9 Å². The largest absolute Gasteiger partial charge is 0.497 e. The summed E-state index contributed by atoms with van der Waals surface area (Å²) in [5.41, 5.74) is 2.43. The van der Waals surface area contributed by atoms with Gasteiger partial charge in [0.1, 0.15) is 5.75 Å². The van der Waals surface area contributed by atoms with E-state index in [-0.39, 0.29) is 12.0 Å². The van der Waals surface area contributed by atoms with Crippen LogP contribution in [0.2, 0.25) is 0 Å².